The molecule has 8 heteroatoms. The number of nitrogens with zero attached hydrogens (tertiary/aromatic N) is 1. The fourth-order valence-corrected chi connectivity index (χ4v) is 5.64. The van der Waals surface area contributed by atoms with Crippen molar-refractivity contribution in [1.29, 1.82) is 0 Å². The van der Waals surface area contributed by atoms with Crippen molar-refractivity contribution < 1.29 is 23.4 Å². The zero-order valence-corrected chi connectivity index (χ0v) is 20.2. The van der Waals surface area contributed by atoms with Gasteiger partial charge in [-0.15, -0.1) is 0 Å². The van der Waals surface area contributed by atoms with Gasteiger partial charge < -0.3 is 15.2 Å². The number of carboxylic acids is 1. The highest BCUT2D eigenvalue weighted by molar-refractivity contribution is 6.30. The van der Waals surface area contributed by atoms with E-state index in [4.69, 9.17) is 21.4 Å². The van der Waals surface area contributed by atoms with E-state index >= 15 is 0 Å². The molecule has 1 saturated heterocycles. The first-order chi connectivity index (χ1) is 16.2. The van der Waals surface area contributed by atoms with Crippen LogP contribution in [0.1, 0.15) is 43.2 Å². The van der Waals surface area contributed by atoms with Crippen LogP contribution in [0.25, 0.3) is 0 Å². The van der Waals surface area contributed by atoms with Gasteiger partial charge in [-0.3, -0.25) is 9.69 Å². The lowest BCUT2D eigenvalue weighted by Gasteiger charge is -2.45. The van der Waals surface area contributed by atoms with Crippen molar-refractivity contribution in [2.45, 2.75) is 56.2 Å². The van der Waals surface area contributed by atoms with Gasteiger partial charge in [0.25, 0.3) is 0 Å². The number of rotatable bonds is 7. The van der Waals surface area contributed by atoms with Gasteiger partial charge in [-0.05, 0) is 81.4 Å². The number of hydrogen-bond acceptors (Lipinski definition) is 4. The van der Waals surface area contributed by atoms with Gasteiger partial charge in [0.05, 0.1) is 0 Å². The minimum atomic E-state index is -0.944. The number of benzene rings is 2. The summed E-state index contributed by atoms with van der Waals surface area (Å²) >= 11 is 6.26. The quantitative estimate of drug-likeness (QED) is 0.569. The molecule has 2 atom stereocenters. The molecule has 184 valence electrons. The third-order valence-electron chi connectivity index (χ3n) is 7.43. The second-order valence-corrected chi connectivity index (χ2v) is 10.2. The lowest BCUT2D eigenvalue weighted by Crippen LogP contribution is -2.44. The summed E-state index contributed by atoms with van der Waals surface area (Å²) in [5.41, 5.74) is 1.36. The first kappa shape index (κ1) is 24.9. The fraction of sp³-hybridized carbons (Fsp3) is 0.500. The number of halogens is 3. The van der Waals surface area contributed by atoms with E-state index in [9.17, 15) is 13.6 Å². The maximum atomic E-state index is 14.7. The largest absolute Gasteiger partial charge is 0.489 e. The first-order valence-electron chi connectivity index (χ1n) is 11.7. The van der Waals surface area contributed by atoms with Crippen LogP contribution >= 0.6 is 11.6 Å². The van der Waals surface area contributed by atoms with Crippen molar-refractivity contribution in [3.05, 3.63) is 64.2 Å². The number of aliphatic carboxylic acids is 1. The molecule has 34 heavy (non-hydrogen) atoms. The van der Waals surface area contributed by atoms with Gasteiger partial charge >= 0.3 is 5.97 Å². The lowest BCUT2D eigenvalue weighted by molar-refractivity contribution is -0.139. The Balaban J connectivity index is 1.45. The highest BCUT2D eigenvalue weighted by Gasteiger charge is 2.39. The van der Waals surface area contributed by atoms with Gasteiger partial charge in [-0.2, -0.15) is 0 Å². The van der Waals surface area contributed by atoms with Crippen LogP contribution in [0.15, 0.2) is 36.4 Å². The number of ether oxygens (including phenoxy) is 1. The SMILES string of the molecule is CN(C)[C@]1(c2cccc(Cl)c2)CC[C@@H](Cc2cc(O[C@@H]3CN[C@H](C(=O)O)C3)cc(F)c2F)CC1. The Labute approximate surface area is 204 Å². The average molecular weight is 493 g/mol. The Morgan fingerprint density at radius 1 is 1.24 bits per heavy atom. The molecule has 0 unspecified atom stereocenters. The van der Waals surface area contributed by atoms with Crippen molar-refractivity contribution in [3.8, 4) is 5.75 Å². The molecule has 0 aromatic heterocycles. The van der Waals surface area contributed by atoms with Crippen molar-refractivity contribution in [1.82, 2.24) is 10.2 Å². The van der Waals surface area contributed by atoms with E-state index in [1.807, 2.05) is 18.2 Å². The van der Waals surface area contributed by atoms with Gasteiger partial charge in [0.1, 0.15) is 17.9 Å². The Morgan fingerprint density at radius 3 is 2.59 bits per heavy atom. The number of carboxylic acid groups (broad SMARTS) is 1. The molecule has 4 rings (SSSR count). The van der Waals surface area contributed by atoms with Crippen LogP contribution < -0.4 is 10.1 Å². The summed E-state index contributed by atoms with van der Waals surface area (Å²) in [5, 5.41) is 12.7. The second kappa shape index (κ2) is 10.2. The van der Waals surface area contributed by atoms with Crippen LogP contribution in [0.2, 0.25) is 5.02 Å². The van der Waals surface area contributed by atoms with Gasteiger partial charge in [0.15, 0.2) is 11.6 Å². The minimum absolute atomic E-state index is 0.133. The normalized spacial score (nSPS) is 27.2. The lowest BCUT2D eigenvalue weighted by atomic mass is 9.70. The summed E-state index contributed by atoms with van der Waals surface area (Å²) < 4.78 is 34.8. The molecule has 2 aromatic carbocycles. The second-order valence-electron chi connectivity index (χ2n) is 9.74. The Bertz CT molecular complexity index is 1040. The Hall–Kier alpha value is -2.22. The van der Waals surface area contributed by atoms with Crippen molar-refractivity contribution in [2.24, 2.45) is 5.92 Å². The summed E-state index contributed by atoms with van der Waals surface area (Å²) in [5.74, 6) is -2.25. The number of hydrogen-bond donors (Lipinski definition) is 2. The molecule has 2 aromatic rings. The summed E-state index contributed by atoms with van der Waals surface area (Å²) in [4.78, 5) is 13.4. The Morgan fingerprint density at radius 2 is 1.97 bits per heavy atom. The van der Waals surface area contributed by atoms with Crippen LogP contribution in [0, 0.1) is 17.6 Å². The van der Waals surface area contributed by atoms with Crippen LogP contribution in [0.3, 0.4) is 0 Å². The zero-order chi connectivity index (χ0) is 24.5. The maximum absolute atomic E-state index is 14.7. The first-order valence-corrected chi connectivity index (χ1v) is 12.1. The molecular formula is C26H31ClF2N2O3. The molecule has 1 heterocycles. The molecule has 2 N–H and O–H groups in total. The zero-order valence-electron chi connectivity index (χ0n) is 19.5. The summed E-state index contributed by atoms with van der Waals surface area (Å²) in [6.45, 7) is 0.351. The van der Waals surface area contributed by atoms with Gasteiger partial charge in [-0.25, -0.2) is 8.78 Å². The van der Waals surface area contributed by atoms with Crippen LogP contribution in [0.4, 0.5) is 8.78 Å². The van der Waals surface area contributed by atoms with E-state index in [1.54, 1.807) is 6.07 Å². The summed E-state index contributed by atoms with van der Waals surface area (Å²) in [6, 6.07) is 9.89. The fourth-order valence-electron chi connectivity index (χ4n) is 5.45. The van der Waals surface area contributed by atoms with Crippen LogP contribution in [-0.2, 0) is 16.8 Å². The van der Waals surface area contributed by atoms with E-state index in [-0.39, 0.29) is 23.6 Å². The monoisotopic (exact) mass is 492 g/mol. The third-order valence-corrected chi connectivity index (χ3v) is 7.66. The van der Waals surface area contributed by atoms with E-state index in [0.29, 0.717) is 23.6 Å². The molecule has 5 nitrogen and oxygen atoms in total. The predicted molar refractivity (Wildman–Crippen MR) is 127 cm³/mol. The van der Waals surface area contributed by atoms with E-state index in [0.717, 1.165) is 31.7 Å². The maximum Gasteiger partial charge on any atom is 0.320 e. The van der Waals surface area contributed by atoms with Crippen molar-refractivity contribution in [3.63, 3.8) is 0 Å². The molecule has 0 bridgehead atoms. The minimum Gasteiger partial charge on any atom is -0.489 e. The molecule has 2 aliphatic rings. The summed E-state index contributed by atoms with van der Waals surface area (Å²) in [7, 11) is 4.15. The van der Waals surface area contributed by atoms with Gasteiger partial charge in [0.2, 0.25) is 0 Å². The summed E-state index contributed by atoms with van der Waals surface area (Å²) in [6.07, 6.45) is 3.87. The smallest absolute Gasteiger partial charge is 0.320 e. The highest BCUT2D eigenvalue weighted by Crippen LogP contribution is 2.44. The Kier molecular flexibility index (Phi) is 7.45. The number of nitrogens with one attached hydrogen (secondary N) is 1. The van der Waals surface area contributed by atoms with E-state index < -0.39 is 29.7 Å². The van der Waals surface area contributed by atoms with Crippen LogP contribution in [0.5, 0.6) is 5.75 Å². The molecule has 1 aliphatic carbocycles. The van der Waals surface area contributed by atoms with Crippen molar-refractivity contribution >= 4 is 17.6 Å². The topological polar surface area (TPSA) is 61.8 Å². The molecular weight excluding hydrogens is 462 g/mol. The standard InChI is InChI=1S/C26H31ClF2N2O3/c1-31(2)26(18-4-3-5-19(27)12-18)8-6-16(7-9-26)10-17-11-20(13-22(28)24(17)29)34-21-14-23(25(32)33)30-15-21/h3-5,11-13,16,21,23,30H,6-10,14-15H2,1-2H3,(H,32,33)/t16-,21-,23-,26-/m0/s1. The van der Waals surface area contributed by atoms with E-state index in [2.05, 4.69) is 30.4 Å². The highest BCUT2D eigenvalue weighted by atomic mass is 35.5. The van der Waals surface area contributed by atoms with Crippen LogP contribution in [-0.4, -0.2) is 48.8 Å². The van der Waals surface area contributed by atoms with Gasteiger partial charge in [-0.1, -0.05) is 23.7 Å². The molecule has 2 fully saturated rings. The number of carbonyl (C=O) groups is 1. The van der Waals surface area contributed by atoms with E-state index in [1.165, 1.54) is 5.56 Å². The van der Waals surface area contributed by atoms with Crippen molar-refractivity contribution in [2.75, 3.05) is 20.6 Å². The molecule has 1 saturated carbocycles. The molecule has 1 aliphatic heterocycles. The third kappa shape index (κ3) is 5.21. The predicted octanol–water partition coefficient (Wildman–Crippen LogP) is 5.00. The van der Waals surface area contributed by atoms with Gasteiger partial charge in [0, 0.05) is 29.6 Å². The molecule has 0 amide bonds. The average Bonchev–Trinajstić information content (AvgIpc) is 3.26. The molecule has 0 radical (unpaired) electrons. The molecule has 0 spiro atoms.